The summed E-state index contributed by atoms with van der Waals surface area (Å²) >= 11 is 0. The lowest BCUT2D eigenvalue weighted by molar-refractivity contribution is 0.664. The maximum Gasteiger partial charge on any atom is 0.136 e. The Bertz CT molecular complexity index is 2720. The second-order valence-electron chi connectivity index (χ2n) is 11.7. The second kappa shape index (κ2) is 8.82. The molecule has 2 nitrogen and oxygen atoms in total. The number of para-hydroxylation sites is 1. The van der Waals surface area contributed by atoms with Gasteiger partial charge in [-0.25, -0.2) is 0 Å². The SMILES string of the molecule is c1ccc2cc(-c3c4ccccc4c(-c4ccc5oc6cc7c(cc6c5c4)oc4ccccc47)c4ccccc34)ccc2c1. The fourth-order valence-corrected chi connectivity index (χ4v) is 7.25. The molecule has 0 atom stereocenters. The molecule has 2 heterocycles. The van der Waals surface area contributed by atoms with Crippen LogP contribution in [0.15, 0.2) is 154 Å². The van der Waals surface area contributed by atoms with Crippen molar-refractivity contribution in [2.45, 2.75) is 0 Å². The van der Waals surface area contributed by atoms with E-state index >= 15 is 0 Å². The first-order valence-corrected chi connectivity index (χ1v) is 15.0. The smallest absolute Gasteiger partial charge is 0.136 e. The third-order valence-electron chi connectivity index (χ3n) is 9.23. The zero-order chi connectivity index (χ0) is 28.8. The molecule has 8 aromatic carbocycles. The van der Waals surface area contributed by atoms with Crippen molar-refractivity contribution in [1.82, 2.24) is 0 Å². The molecular weight excluding hydrogens is 536 g/mol. The van der Waals surface area contributed by atoms with Crippen LogP contribution in [-0.2, 0) is 0 Å². The van der Waals surface area contributed by atoms with Gasteiger partial charge in [-0.1, -0.05) is 109 Å². The van der Waals surface area contributed by atoms with Crippen LogP contribution in [0, 0.1) is 0 Å². The molecule has 10 rings (SSSR count). The number of benzene rings is 8. The lowest BCUT2D eigenvalue weighted by atomic mass is 9.85. The van der Waals surface area contributed by atoms with Gasteiger partial charge in [-0.2, -0.15) is 0 Å². The van der Waals surface area contributed by atoms with Crippen LogP contribution in [-0.4, -0.2) is 0 Å². The molecule has 0 amide bonds. The fourth-order valence-electron chi connectivity index (χ4n) is 7.25. The van der Waals surface area contributed by atoms with Gasteiger partial charge in [0.15, 0.2) is 0 Å². The van der Waals surface area contributed by atoms with Crippen molar-refractivity contribution < 1.29 is 8.83 Å². The lowest BCUT2D eigenvalue weighted by Gasteiger charge is -2.18. The Morgan fingerprint density at radius 1 is 0.273 bits per heavy atom. The van der Waals surface area contributed by atoms with Crippen molar-refractivity contribution >= 4 is 76.2 Å². The largest absolute Gasteiger partial charge is 0.456 e. The van der Waals surface area contributed by atoms with Crippen LogP contribution < -0.4 is 0 Å². The predicted octanol–water partition coefficient (Wildman–Crippen LogP) is 12.3. The third kappa shape index (κ3) is 3.31. The number of fused-ring (bicyclic) bond motifs is 9. The third-order valence-corrected chi connectivity index (χ3v) is 9.23. The van der Waals surface area contributed by atoms with E-state index in [4.69, 9.17) is 8.83 Å². The van der Waals surface area contributed by atoms with Gasteiger partial charge in [0, 0.05) is 21.5 Å². The van der Waals surface area contributed by atoms with Crippen LogP contribution >= 0.6 is 0 Å². The van der Waals surface area contributed by atoms with Gasteiger partial charge in [-0.3, -0.25) is 0 Å². The minimum absolute atomic E-state index is 0.873. The minimum Gasteiger partial charge on any atom is -0.456 e. The van der Waals surface area contributed by atoms with Crippen molar-refractivity contribution in [3.8, 4) is 22.3 Å². The molecule has 10 aromatic rings. The topological polar surface area (TPSA) is 26.3 Å². The first-order valence-electron chi connectivity index (χ1n) is 15.0. The van der Waals surface area contributed by atoms with Gasteiger partial charge in [-0.05, 0) is 91.0 Å². The van der Waals surface area contributed by atoms with E-state index in [1.54, 1.807) is 0 Å². The molecule has 44 heavy (non-hydrogen) atoms. The second-order valence-corrected chi connectivity index (χ2v) is 11.7. The molecule has 0 unspecified atom stereocenters. The summed E-state index contributed by atoms with van der Waals surface area (Å²) in [6, 6.07) is 52.1. The summed E-state index contributed by atoms with van der Waals surface area (Å²) in [5.41, 5.74) is 8.43. The Hall–Kier alpha value is -5.86. The zero-order valence-corrected chi connectivity index (χ0v) is 23.7. The fraction of sp³-hybridized carbons (Fsp3) is 0. The van der Waals surface area contributed by atoms with Crippen LogP contribution in [0.2, 0.25) is 0 Å². The molecule has 0 spiro atoms. The predicted molar refractivity (Wildman–Crippen MR) is 184 cm³/mol. The van der Waals surface area contributed by atoms with Gasteiger partial charge in [0.25, 0.3) is 0 Å². The first-order chi connectivity index (χ1) is 21.8. The highest BCUT2D eigenvalue weighted by Gasteiger charge is 2.19. The van der Waals surface area contributed by atoms with Gasteiger partial charge in [0.2, 0.25) is 0 Å². The van der Waals surface area contributed by atoms with E-state index in [2.05, 4.69) is 127 Å². The Kier molecular flexibility index (Phi) is 4.75. The highest BCUT2D eigenvalue weighted by Crippen LogP contribution is 2.45. The van der Waals surface area contributed by atoms with Gasteiger partial charge in [0.1, 0.15) is 22.3 Å². The molecule has 0 saturated heterocycles. The Morgan fingerprint density at radius 2 is 0.727 bits per heavy atom. The van der Waals surface area contributed by atoms with Crippen LogP contribution in [0.3, 0.4) is 0 Å². The van der Waals surface area contributed by atoms with Crippen molar-refractivity contribution in [2.75, 3.05) is 0 Å². The molecule has 2 heteroatoms. The van der Waals surface area contributed by atoms with E-state index in [1.807, 2.05) is 18.2 Å². The minimum atomic E-state index is 0.873. The highest BCUT2D eigenvalue weighted by atomic mass is 16.3. The Balaban J connectivity index is 1.26. The summed E-state index contributed by atoms with van der Waals surface area (Å²) in [5, 5.41) is 11.8. The molecule has 0 aliphatic heterocycles. The molecule has 0 aliphatic carbocycles. The molecule has 0 N–H and O–H groups in total. The molecule has 0 bridgehead atoms. The van der Waals surface area contributed by atoms with Gasteiger partial charge >= 0.3 is 0 Å². The van der Waals surface area contributed by atoms with Crippen molar-refractivity contribution in [3.05, 3.63) is 146 Å². The number of rotatable bonds is 2. The molecule has 204 valence electrons. The molecular formula is C42H24O2. The average Bonchev–Trinajstić information content (AvgIpc) is 3.62. The Labute approximate surface area is 252 Å². The van der Waals surface area contributed by atoms with E-state index in [1.165, 1.54) is 54.6 Å². The van der Waals surface area contributed by atoms with E-state index in [9.17, 15) is 0 Å². The van der Waals surface area contributed by atoms with Gasteiger partial charge in [-0.15, -0.1) is 0 Å². The molecule has 0 saturated carbocycles. The van der Waals surface area contributed by atoms with Crippen molar-refractivity contribution in [3.63, 3.8) is 0 Å². The zero-order valence-electron chi connectivity index (χ0n) is 23.7. The summed E-state index contributed by atoms with van der Waals surface area (Å²) in [6.07, 6.45) is 0. The maximum absolute atomic E-state index is 6.42. The van der Waals surface area contributed by atoms with Gasteiger partial charge < -0.3 is 8.83 Å². The molecule has 0 radical (unpaired) electrons. The van der Waals surface area contributed by atoms with E-state index in [0.717, 1.165) is 43.9 Å². The van der Waals surface area contributed by atoms with Crippen LogP contribution in [0.5, 0.6) is 0 Å². The van der Waals surface area contributed by atoms with Gasteiger partial charge in [0.05, 0.1) is 0 Å². The summed E-state index contributed by atoms with van der Waals surface area (Å²) in [6.45, 7) is 0. The van der Waals surface area contributed by atoms with Crippen molar-refractivity contribution in [2.24, 2.45) is 0 Å². The quantitative estimate of drug-likeness (QED) is 0.197. The number of hydrogen-bond acceptors (Lipinski definition) is 2. The average molecular weight is 561 g/mol. The first kappa shape index (κ1) is 23.7. The lowest BCUT2D eigenvalue weighted by Crippen LogP contribution is -1.91. The summed E-state index contributed by atoms with van der Waals surface area (Å²) < 4.78 is 12.7. The number of hydrogen-bond donors (Lipinski definition) is 0. The molecule has 0 aliphatic rings. The normalized spacial score (nSPS) is 12.1. The summed E-state index contributed by atoms with van der Waals surface area (Å²) in [4.78, 5) is 0. The standard InChI is InChI=1S/C42H24O2/c1-2-10-26-21-27(18-17-25(26)9-1)41-30-12-3-5-14-32(30)42(33-15-6-4-13-31(33)41)28-19-20-38-34(22-28)36-24-39-35(23-40(36)44-38)29-11-7-8-16-37(29)43-39/h1-24H. The van der Waals surface area contributed by atoms with Crippen molar-refractivity contribution in [1.29, 1.82) is 0 Å². The van der Waals surface area contributed by atoms with E-state index in [0.29, 0.717) is 0 Å². The van der Waals surface area contributed by atoms with E-state index in [-0.39, 0.29) is 0 Å². The summed E-state index contributed by atoms with van der Waals surface area (Å²) in [5.74, 6) is 0. The maximum atomic E-state index is 6.42. The Morgan fingerprint density at radius 3 is 1.39 bits per heavy atom. The monoisotopic (exact) mass is 560 g/mol. The highest BCUT2D eigenvalue weighted by molar-refractivity contribution is 6.23. The van der Waals surface area contributed by atoms with Crippen LogP contribution in [0.1, 0.15) is 0 Å². The number of furan rings is 2. The van der Waals surface area contributed by atoms with Crippen LogP contribution in [0.4, 0.5) is 0 Å². The molecule has 2 aromatic heterocycles. The summed E-state index contributed by atoms with van der Waals surface area (Å²) in [7, 11) is 0. The molecule has 0 fully saturated rings. The van der Waals surface area contributed by atoms with Crippen LogP contribution in [0.25, 0.3) is 98.4 Å². The van der Waals surface area contributed by atoms with E-state index < -0.39 is 0 Å².